The Hall–Kier alpha value is -1.54. The molecule has 0 aromatic heterocycles. The Morgan fingerprint density at radius 3 is 2.21 bits per heavy atom. The number of hydrogen-bond acceptors (Lipinski definition) is 1. The van der Waals surface area contributed by atoms with E-state index in [-0.39, 0.29) is 0 Å². The summed E-state index contributed by atoms with van der Waals surface area (Å²) in [4.78, 5) is 9.25. The van der Waals surface area contributed by atoms with Crippen molar-refractivity contribution in [2.75, 3.05) is 0 Å². The summed E-state index contributed by atoms with van der Waals surface area (Å²) < 4.78 is 0. The smallest absolute Gasteiger partial charge is 0.327 e. The number of halogens is 1. The molecule has 1 aromatic carbocycles. The van der Waals surface area contributed by atoms with Crippen LogP contribution in [0.25, 0.3) is 6.08 Å². The first-order chi connectivity index (χ1) is 6.70. The van der Waals surface area contributed by atoms with Crippen molar-refractivity contribution in [3.63, 3.8) is 0 Å². The standard InChI is InChI=1S/C8H7Cl.C3H4O2/c9-7-6-8-4-2-1-3-5-8;1-2-3(4)5/h1-7H;2H,1H2,(H,4,5). The van der Waals surface area contributed by atoms with Gasteiger partial charge in [0.25, 0.3) is 0 Å². The molecule has 1 aromatic rings. The first-order valence-corrected chi connectivity index (χ1v) is 4.31. The van der Waals surface area contributed by atoms with Crippen LogP contribution in [0.5, 0.6) is 0 Å². The first kappa shape index (κ1) is 12.5. The minimum Gasteiger partial charge on any atom is -0.478 e. The van der Waals surface area contributed by atoms with Crippen molar-refractivity contribution in [3.05, 3.63) is 54.1 Å². The van der Waals surface area contributed by atoms with Crippen LogP contribution in [0, 0.1) is 0 Å². The lowest BCUT2D eigenvalue weighted by molar-refractivity contribution is -0.131. The van der Waals surface area contributed by atoms with Crippen molar-refractivity contribution in [1.29, 1.82) is 0 Å². The highest BCUT2D eigenvalue weighted by Gasteiger charge is 1.78. The molecule has 0 aliphatic carbocycles. The van der Waals surface area contributed by atoms with Gasteiger partial charge in [-0.1, -0.05) is 48.5 Å². The van der Waals surface area contributed by atoms with Gasteiger partial charge in [-0.2, -0.15) is 0 Å². The second-order valence-electron chi connectivity index (χ2n) is 2.25. The van der Waals surface area contributed by atoms with E-state index in [1.165, 1.54) is 5.54 Å². The van der Waals surface area contributed by atoms with Gasteiger partial charge in [-0.25, -0.2) is 4.79 Å². The summed E-state index contributed by atoms with van der Waals surface area (Å²) in [6.07, 6.45) is 2.68. The van der Waals surface area contributed by atoms with Crippen LogP contribution in [0.15, 0.2) is 48.5 Å². The van der Waals surface area contributed by atoms with Crippen LogP contribution in [0.4, 0.5) is 0 Å². The monoisotopic (exact) mass is 210 g/mol. The number of benzene rings is 1. The molecule has 2 nitrogen and oxygen atoms in total. The topological polar surface area (TPSA) is 37.3 Å². The van der Waals surface area contributed by atoms with Crippen molar-refractivity contribution in [1.82, 2.24) is 0 Å². The van der Waals surface area contributed by atoms with Crippen LogP contribution in [-0.2, 0) is 4.79 Å². The van der Waals surface area contributed by atoms with Crippen molar-refractivity contribution < 1.29 is 9.90 Å². The largest absolute Gasteiger partial charge is 0.478 e. The molecule has 0 spiro atoms. The van der Waals surface area contributed by atoms with E-state index < -0.39 is 5.97 Å². The average Bonchev–Trinajstić information content (AvgIpc) is 2.21. The molecule has 0 fully saturated rings. The molecule has 0 bridgehead atoms. The third kappa shape index (κ3) is 7.13. The molecule has 0 saturated heterocycles. The molecule has 0 atom stereocenters. The number of aliphatic carboxylic acids is 1. The molecule has 0 heterocycles. The third-order valence-corrected chi connectivity index (χ3v) is 1.36. The number of carboxylic acid groups (broad SMARTS) is 1. The van der Waals surface area contributed by atoms with Crippen LogP contribution in [0.3, 0.4) is 0 Å². The van der Waals surface area contributed by atoms with Crippen LogP contribution in [-0.4, -0.2) is 11.1 Å². The number of carbonyl (C=O) groups is 1. The zero-order valence-electron chi connectivity index (χ0n) is 7.56. The van der Waals surface area contributed by atoms with Crippen molar-refractivity contribution in [3.8, 4) is 0 Å². The minimum absolute atomic E-state index is 0.833. The van der Waals surface area contributed by atoms with E-state index in [0.717, 1.165) is 11.6 Å². The van der Waals surface area contributed by atoms with Crippen molar-refractivity contribution >= 4 is 23.6 Å². The van der Waals surface area contributed by atoms with E-state index in [0.29, 0.717) is 0 Å². The second-order valence-corrected chi connectivity index (χ2v) is 2.50. The normalized spacial score (nSPS) is 8.93. The average molecular weight is 211 g/mol. The van der Waals surface area contributed by atoms with Gasteiger partial charge in [-0.05, 0) is 11.6 Å². The molecular formula is C11H11ClO2. The summed E-state index contributed by atoms with van der Waals surface area (Å²) in [6.45, 7) is 2.96. The lowest BCUT2D eigenvalue weighted by Crippen LogP contribution is -1.82. The molecule has 0 aliphatic rings. The molecule has 1 rings (SSSR count). The quantitative estimate of drug-likeness (QED) is 0.762. The van der Waals surface area contributed by atoms with E-state index in [2.05, 4.69) is 6.58 Å². The van der Waals surface area contributed by atoms with Gasteiger partial charge >= 0.3 is 5.97 Å². The summed E-state index contributed by atoms with van der Waals surface area (Å²) in [5.41, 5.74) is 2.64. The molecule has 14 heavy (non-hydrogen) atoms. The molecule has 0 aliphatic heterocycles. The van der Waals surface area contributed by atoms with Gasteiger partial charge < -0.3 is 5.11 Å². The Labute approximate surface area is 88.1 Å². The van der Waals surface area contributed by atoms with Gasteiger partial charge in [0.05, 0.1) is 0 Å². The van der Waals surface area contributed by atoms with Crippen LogP contribution in [0.1, 0.15) is 5.56 Å². The van der Waals surface area contributed by atoms with Crippen molar-refractivity contribution in [2.24, 2.45) is 0 Å². The molecular weight excluding hydrogens is 200 g/mol. The summed E-state index contributed by atoms with van der Waals surface area (Å²) in [5.74, 6) is -0.981. The van der Waals surface area contributed by atoms with Crippen LogP contribution in [0.2, 0.25) is 0 Å². The third-order valence-electron chi connectivity index (χ3n) is 1.23. The predicted molar refractivity (Wildman–Crippen MR) is 59.2 cm³/mol. The van der Waals surface area contributed by atoms with E-state index >= 15 is 0 Å². The highest BCUT2D eigenvalue weighted by Crippen LogP contribution is 2.00. The molecule has 0 radical (unpaired) electrons. The van der Waals surface area contributed by atoms with Gasteiger partial charge in [0.2, 0.25) is 0 Å². The number of rotatable bonds is 2. The zero-order valence-corrected chi connectivity index (χ0v) is 8.32. The fourth-order valence-corrected chi connectivity index (χ4v) is 0.782. The Balaban J connectivity index is 0.000000292. The lowest BCUT2D eigenvalue weighted by atomic mass is 10.2. The maximum absolute atomic E-state index is 9.25. The summed E-state index contributed by atoms with van der Waals surface area (Å²) in [6, 6.07) is 9.93. The molecule has 0 unspecified atom stereocenters. The summed E-state index contributed by atoms with van der Waals surface area (Å²) in [5, 5.41) is 7.60. The van der Waals surface area contributed by atoms with E-state index in [4.69, 9.17) is 16.7 Å². The number of carboxylic acids is 1. The van der Waals surface area contributed by atoms with E-state index in [1.807, 2.05) is 36.4 Å². The molecule has 1 N–H and O–H groups in total. The second kappa shape index (κ2) is 8.08. The van der Waals surface area contributed by atoms with Gasteiger partial charge in [-0.15, -0.1) is 0 Å². The molecule has 3 heteroatoms. The summed E-state index contributed by atoms with van der Waals surface area (Å²) in [7, 11) is 0. The number of hydrogen-bond donors (Lipinski definition) is 1. The Kier molecular flexibility index (Phi) is 7.19. The fourth-order valence-electron chi connectivity index (χ4n) is 0.637. The highest BCUT2D eigenvalue weighted by molar-refractivity contribution is 6.27. The van der Waals surface area contributed by atoms with Gasteiger partial charge in [-0.3, -0.25) is 0 Å². The fraction of sp³-hybridized carbons (Fsp3) is 0. The van der Waals surface area contributed by atoms with Crippen LogP contribution < -0.4 is 0 Å². The van der Waals surface area contributed by atoms with Gasteiger partial charge in [0.1, 0.15) is 0 Å². The Bertz CT molecular complexity index is 304. The molecule has 0 amide bonds. The molecule has 74 valence electrons. The van der Waals surface area contributed by atoms with Crippen molar-refractivity contribution in [2.45, 2.75) is 0 Å². The maximum atomic E-state index is 9.25. The summed E-state index contributed by atoms with van der Waals surface area (Å²) >= 11 is 5.36. The lowest BCUT2D eigenvalue weighted by Gasteiger charge is -1.86. The first-order valence-electron chi connectivity index (χ1n) is 3.88. The predicted octanol–water partition coefficient (Wildman–Crippen LogP) is 3.15. The Morgan fingerprint density at radius 2 is 1.86 bits per heavy atom. The van der Waals surface area contributed by atoms with Gasteiger partial charge in [0, 0.05) is 11.6 Å². The minimum atomic E-state index is -0.981. The Morgan fingerprint density at radius 1 is 1.36 bits per heavy atom. The van der Waals surface area contributed by atoms with E-state index in [1.54, 1.807) is 0 Å². The highest BCUT2D eigenvalue weighted by atomic mass is 35.5. The SMILES string of the molecule is C=CC(=O)O.ClC=Cc1ccccc1. The maximum Gasteiger partial charge on any atom is 0.327 e. The van der Waals surface area contributed by atoms with E-state index in [9.17, 15) is 4.79 Å². The van der Waals surface area contributed by atoms with Gasteiger partial charge in [0.15, 0.2) is 0 Å². The molecule has 0 saturated carbocycles. The van der Waals surface area contributed by atoms with Crippen LogP contribution >= 0.6 is 11.6 Å². The zero-order chi connectivity index (χ0) is 10.8.